The number of carbonyl (C=O) groups excluding carboxylic acids is 1. The van der Waals surface area contributed by atoms with Gasteiger partial charge in [0.15, 0.2) is 0 Å². The topological polar surface area (TPSA) is 93.0 Å². The van der Waals surface area contributed by atoms with Gasteiger partial charge >= 0.3 is 0 Å². The largest absolute Gasteiger partial charge is 0.489 e. The lowest BCUT2D eigenvalue weighted by molar-refractivity contribution is -0.138. The van der Waals surface area contributed by atoms with Crippen molar-refractivity contribution in [3.63, 3.8) is 0 Å². The van der Waals surface area contributed by atoms with Gasteiger partial charge in [0.25, 0.3) is 0 Å². The highest BCUT2D eigenvalue weighted by Gasteiger charge is 2.52. The van der Waals surface area contributed by atoms with Crippen LogP contribution in [-0.4, -0.2) is 29.3 Å². The second-order valence-electron chi connectivity index (χ2n) is 9.44. The number of aromatic amines is 1. The summed E-state index contributed by atoms with van der Waals surface area (Å²) in [5, 5.41) is 10.4. The lowest BCUT2D eigenvalue weighted by Crippen LogP contribution is -2.51. The zero-order valence-corrected chi connectivity index (χ0v) is 19.0. The number of amides is 1. The van der Waals surface area contributed by atoms with E-state index in [2.05, 4.69) is 27.6 Å². The van der Waals surface area contributed by atoms with Crippen molar-refractivity contribution in [2.75, 3.05) is 13.2 Å². The van der Waals surface area contributed by atoms with E-state index in [1.807, 2.05) is 26.0 Å². The molecule has 7 heteroatoms. The molecule has 0 unspecified atom stereocenters. The number of nitrogens with two attached hydrogens (primary N) is 1. The first-order valence-electron chi connectivity index (χ1n) is 11.4. The molecule has 2 aromatic rings. The molecular formula is C25H33FN4O2. The Bertz CT molecular complexity index is 952. The average molecular weight is 441 g/mol. The van der Waals surface area contributed by atoms with Crippen molar-refractivity contribution in [3.05, 3.63) is 58.7 Å². The molecule has 0 spiro atoms. The van der Waals surface area contributed by atoms with E-state index >= 15 is 0 Å². The smallest absolute Gasteiger partial charge is 0.226 e. The molecule has 3 fully saturated rings. The van der Waals surface area contributed by atoms with E-state index in [1.54, 1.807) is 0 Å². The molecule has 3 aliphatic carbocycles. The SMILES string of the molecule is Cc1n[nH]c(C)c1CNC(=O)C12CCC(c3ccc(OCC(=CF)CN)cc3)(CC1)CC2. The van der Waals surface area contributed by atoms with Crippen molar-refractivity contribution < 1.29 is 13.9 Å². The number of aromatic nitrogens is 2. The van der Waals surface area contributed by atoms with Gasteiger partial charge in [0.1, 0.15) is 12.4 Å². The maximum Gasteiger partial charge on any atom is 0.226 e. The third kappa shape index (κ3) is 4.18. The molecule has 172 valence electrons. The number of hydrogen-bond donors (Lipinski definition) is 3. The van der Waals surface area contributed by atoms with Gasteiger partial charge in [0.05, 0.1) is 12.0 Å². The van der Waals surface area contributed by atoms with E-state index in [4.69, 9.17) is 10.5 Å². The first kappa shape index (κ1) is 22.5. The molecule has 3 saturated carbocycles. The Balaban J connectivity index is 1.36. The fraction of sp³-hybridized carbons (Fsp3) is 0.520. The van der Waals surface area contributed by atoms with Crippen molar-refractivity contribution in [1.82, 2.24) is 15.5 Å². The predicted octanol–water partition coefficient (Wildman–Crippen LogP) is 4.13. The summed E-state index contributed by atoms with van der Waals surface area (Å²) in [6.45, 7) is 4.79. The number of nitrogens with zero attached hydrogens (tertiary/aromatic N) is 1. The number of benzene rings is 1. The molecular weight excluding hydrogens is 407 g/mol. The maximum absolute atomic E-state index is 13.2. The quantitative estimate of drug-likeness (QED) is 0.576. The lowest BCUT2D eigenvalue weighted by Gasteiger charge is -2.52. The second kappa shape index (κ2) is 9.06. The summed E-state index contributed by atoms with van der Waals surface area (Å²) in [5.41, 5.74) is 10.2. The normalized spacial score (nSPS) is 25.1. The molecule has 2 bridgehead atoms. The number of fused-ring (bicyclic) bond motifs is 3. The van der Waals surface area contributed by atoms with Crippen LogP contribution in [-0.2, 0) is 16.8 Å². The minimum atomic E-state index is -0.242. The highest BCUT2D eigenvalue weighted by Crippen LogP contribution is 2.58. The molecule has 0 aliphatic heterocycles. The van der Waals surface area contributed by atoms with Crippen molar-refractivity contribution >= 4 is 5.91 Å². The summed E-state index contributed by atoms with van der Waals surface area (Å²) < 4.78 is 18.3. The summed E-state index contributed by atoms with van der Waals surface area (Å²) in [7, 11) is 0. The van der Waals surface area contributed by atoms with Crippen molar-refractivity contribution in [1.29, 1.82) is 0 Å². The minimum Gasteiger partial charge on any atom is -0.489 e. The standard InChI is InChI=1S/C25H33FN4O2/c1-17-22(18(2)30-29-17)15-28-23(31)25-10-7-24(8-11-25,9-12-25)20-3-5-21(6-4-20)32-16-19(13-26)14-27/h3-6,13H,7-12,14-16,27H2,1-2H3,(H,28,31)(H,29,30). The van der Waals surface area contributed by atoms with Crippen LogP contribution in [0.25, 0.3) is 0 Å². The van der Waals surface area contributed by atoms with Gasteiger partial charge in [-0.1, -0.05) is 12.1 Å². The minimum absolute atomic E-state index is 0.138. The van der Waals surface area contributed by atoms with Crippen molar-refractivity contribution in [3.8, 4) is 5.75 Å². The number of rotatable bonds is 8. The second-order valence-corrected chi connectivity index (χ2v) is 9.44. The van der Waals surface area contributed by atoms with E-state index in [1.165, 1.54) is 5.56 Å². The Morgan fingerprint density at radius 1 is 1.19 bits per heavy atom. The van der Waals surface area contributed by atoms with E-state index in [0.717, 1.165) is 55.5 Å². The molecule has 0 saturated heterocycles. The van der Waals surface area contributed by atoms with E-state index in [-0.39, 0.29) is 29.9 Å². The zero-order valence-electron chi connectivity index (χ0n) is 19.0. The molecule has 1 aromatic carbocycles. The third-order valence-electron chi connectivity index (χ3n) is 7.74. The maximum atomic E-state index is 13.2. The summed E-state index contributed by atoms with van der Waals surface area (Å²) in [4.78, 5) is 13.2. The number of carbonyl (C=O) groups is 1. The molecule has 32 heavy (non-hydrogen) atoms. The Morgan fingerprint density at radius 2 is 1.84 bits per heavy atom. The van der Waals surface area contributed by atoms with Crippen LogP contribution in [0.1, 0.15) is 61.0 Å². The van der Waals surface area contributed by atoms with Crippen LogP contribution >= 0.6 is 0 Å². The highest BCUT2D eigenvalue weighted by molar-refractivity contribution is 5.83. The summed E-state index contributed by atoms with van der Waals surface area (Å²) in [5.74, 6) is 0.898. The predicted molar refractivity (Wildman–Crippen MR) is 122 cm³/mol. The summed E-state index contributed by atoms with van der Waals surface area (Å²) in [6, 6.07) is 8.16. The van der Waals surface area contributed by atoms with Crippen LogP contribution in [0.2, 0.25) is 0 Å². The Kier molecular flexibility index (Phi) is 6.38. The van der Waals surface area contributed by atoms with Crippen LogP contribution in [0, 0.1) is 19.3 Å². The van der Waals surface area contributed by atoms with Crippen molar-refractivity contribution in [2.24, 2.45) is 11.1 Å². The summed E-state index contributed by atoms with van der Waals surface area (Å²) >= 11 is 0. The molecule has 5 rings (SSSR count). The Morgan fingerprint density at radius 3 is 2.38 bits per heavy atom. The fourth-order valence-corrected chi connectivity index (χ4v) is 5.37. The molecule has 1 aromatic heterocycles. The number of halogens is 1. The van der Waals surface area contributed by atoms with E-state index in [9.17, 15) is 9.18 Å². The summed E-state index contributed by atoms with van der Waals surface area (Å²) in [6.07, 6.45) is 6.33. The number of aryl methyl sites for hydroxylation is 2. The highest BCUT2D eigenvalue weighted by atomic mass is 19.1. The number of hydrogen-bond acceptors (Lipinski definition) is 4. The van der Waals surface area contributed by atoms with Gasteiger partial charge in [0.2, 0.25) is 5.91 Å². The molecule has 1 amide bonds. The lowest BCUT2D eigenvalue weighted by atomic mass is 9.51. The number of ether oxygens (including phenoxy) is 1. The molecule has 6 nitrogen and oxygen atoms in total. The Labute approximate surface area is 188 Å². The van der Waals surface area contributed by atoms with Crippen LogP contribution in [0.15, 0.2) is 36.2 Å². The van der Waals surface area contributed by atoms with Gasteiger partial charge in [-0.3, -0.25) is 9.89 Å². The van der Waals surface area contributed by atoms with Gasteiger partial charge in [-0.25, -0.2) is 4.39 Å². The van der Waals surface area contributed by atoms with Crippen LogP contribution in [0.3, 0.4) is 0 Å². The van der Waals surface area contributed by atoms with Crippen molar-refractivity contribution in [2.45, 2.75) is 64.3 Å². The van der Waals surface area contributed by atoms with E-state index < -0.39 is 0 Å². The van der Waals surface area contributed by atoms with Gasteiger partial charge in [-0.15, -0.1) is 0 Å². The van der Waals surface area contributed by atoms with Crippen LogP contribution in [0.4, 0.5) is 4.39 Å². The molecule has 0 atom stereocenters. The van der Waals surface area contributed by atoms with E-state index in [0.29, 0.717) is 24.2 Å². The Hall–Kier alpha value is -2.67. The number of H-pyrrole nitrogens is 1. The van der Waals surface area contributed by atoms with Gasteiger partial charge in [-0.05, 0) is 75.5 Å². The molecule has 4 N–H and O–H groups in total. The average Bonchev–Trinajstić information content (AvgIpc) is 3.16. The molecule has 1 heterocycles. The first-order valence-corrected chi connectivity index (χ1v) is 11.4. The first-order chi connectivity index (χ1) is 15.4. The van der Waals surface area contributed by atoms with Crippen LogP contribution in [0.5, 0.6) is 5.75 Å². The van der Waals surface area contributed by atoms with Gasteiger partial charge in [-0.2, -0.15) is 5.10 Å². The zero-order chi connectivity index (χ0) is 22.8. The molecule has 0 radical (unpaired) electrons. The van der Waals surface area contributed by atoms with Gasteiger partial charge < -0.3 is 15.8 Å². The third-order valence-corrected chi connectivity index (χ3v) is 7.74. The number of nitrogens with one attached hydrogen (secondary N) is 2. The van der Waals surface area contributed by atoms with Gasteiger partial charge in [0, 0.05) is 35.3 Å². The van der Waals surface area contributed by atoms with Crippen LogP contribution < -0.4 is 15.8 Å². The monoisotopic (exact) mass is 440 g/mol. The fourth-order valence-electron chi connectivity index (χ4n) is 5.37. The molecule has 3 aliphatic rings.